The van der Waals surface area contributed by atoms with Crippen molar-refractivity contribution in [2.75, 3.05) is 6.54 Å². The van der Waals surface area contributed by atoms with Crippen LogP contribution < -0.4 is 5.56 Å². The Hall–Kier alpha value is -0.850. The maximum absolute atomic E-state index is 12.6. The number of rotatable bonds is 2. The number of hydrogen-bond acceptors (Lipinski definition) is 3. The quantitative estimate of drug-likeness (QED) is 0.906. The summed E-state index contributed by atoms with van der Waals surface area (Å²) in [5, 5.41) is -0.112. The molecular weight excluding hydrogens is 288 g/mol. The molecule has 5 nitrogen and oxygen atoms in total. The Bertz CT molecular complexity index is 626. The fraction of sp³-hybridized carbons (Fsp3) is 0.583. The molecule has 1 aromatic rings. The standard InChI is InChI=1S/C12H17ClN2O3S/c1-8-3-4-9(2)15(7-8)19(17,18)10-5-11(13)12(16)14-6-10/h5-6,8-9H,3-4,7H2,1-2H3,(H,14,16). The van der Waals surface area contributed by atoms with Gasteiger partial charge in [0.25, 0.3) is 5.56 Å². The Morgan fingerprint density at radius 3 is 2.68 bits per heavy atom. The van der Waals surface area contributed by atoms with Crippen LogP contribution in [0.3, 0.4) is 0 Å². The fourth-order valence-electron chi connectivity index (χ4n) is 2.31. The summed E-state index contributed by atoms with van der Waals surface area (Å²) in [4.78, 5) is 13.6. The zero-order valence-corrected chi connectivity index (χ0v) is 12.5. The Kier molecular flexibility index (Phi) is 4.03. The first-order chi connectivity index (χ1) is 8.82. The molecule has 2 atom stereocenters. The van der Waals surface area contributed by atoms with E-state index in [1.54, 1.807) is 0 Å². The second-order valence-corrected chi connectivity index (χ2v) is 7.42. The minimum atomic E-state index is -3.60. The van der Waals surface area contributed by atoms with Gasteiger partial charge in [-0.3, -0.25) is 4.79 Å². The van der Waals surface area contributed by atoms with Crippen molar-refractivity contribution < 1.29 is 8.42 Å². The van der Waals surface area contributed by atoms with Crippen LogP contribution in [-0.4, -0.2) is 30.3 Å². The number of aromatic amines is 1. The summed E-state index contributed by atoms with van der Waals surface area (Å²) < 4.78 is 26.6. The van der Waals surface area contributed by atoms with Crippen molar-refractivity contribution in [2.45, 2.75) is 37.6 Å². The molecule has 0 amide bonds. The molecule has 0 bridgehead atoms. The molecule has 0 spiro atoms. The molecule has 0 aromatic carbocycles. The average molecular weight is 305 g/mol. The number of sulfonamides is 1. The minimum absolute atomic E-state index is 0.0353. The molecule has 1 aliphatic heterocycles. The third-order valence-electron chi connectivity index (χ3n) is 3.50. The Morgan fingerprint density at radius 1 is 1.37 bits per heavy atom. The van der Waals surface area contributed by atoms with Crippen LogP contribution in [0.25, 0.3) is 0 Å². The van der Waals surface area contributed by atoms with Gasteiger partial charge >= 0.3 is 0 Å². The smallest absolute Gasteiger partial charge is 0.266 e. The molecule has 0 saturated carbocycles. The van der Waals surface area contributed by atoms with Crippen LogP contribution >= 0.6 is 11.6 Å². The molecule has 7 heteroatoms. The summed E-state index contributed by atoms with van der Waals surface area (Å²) in [6, 6.07) is 1.17. The van der Waals surface area contributed by atoms with Gasteiger partial charge < -0.3 is 4.98 Å². The van der Waals surface area contributed by atoms with Crippen molar-refractivity contribution in [1.82, 2.24) is 9.29 Å². The van der Waals surface area contributed by atoms with E-state index in [1.807, 2.05) is 13.8 Å². The zero-order chi connectivity index (χ0) is 14.2. The highest BCUT2D eigenvalue weighted by atomic mass is 35.5. The van der Waals surface area contributed by atoms with Gasteiger partial charge in [-0.2, -0.15) is 4.31 Å². The van der Waals surface area contributed by atoms with E-state index in [9.17, 15) is 13.2 Å². The number of halogens is 1. The number of pyridine rings is 1. The number of nitrogens with one attached hydrogen (secondary N) is 1. The minimum Gasteiger partial charge on any atom is -0.326 e. The Balaban J connectivity index is 2.40. The summed E-state index contributed by atoms with van der Waals surface area (Å²) in [5.74, 6) is 0.337. The van der Waals surface area contributed by atoms with Crippen LogP contribution in [0.2, 0.25) is 5.02 Å². The number of H-pyrrole nitrogens is 1. The first-order valence-corrected chi connectivity index (χ1v) is 8.04. The molecular formula is C12H17ClN2O3S. The fourth-order valence-corrected chi connectivity index (χ4v) is 4.32. The molecule has 1 fully saturated rings. The second kappa shape index (κ2) is 5.26. The highest BCUT2D eigenvalue weighted by molar-refractivity contribution is 7.89. The second-order valence-electron chi connectivity index (χ2n) is 5.12. The third kappa shape index (κ3) is 2.85. The first-order valence-electron chi connectivity index (χ1n) is 6.22. The molecule has 106 valence electrons. The van der Waals surface area contributed by atoms with E-state index in [-0.39, 0.29) is 16.0 Å². The molecule has 1 aromatic heterocycles. The summed E-state index contributed by atoms with van der Waals surface area (Å²) in [6.45, 7) is 4.44. The van der Waals surface area contributed by atoms with Crippen molar-refractivity contribution in [3.8, 4) is 0 Å². The van der Waals surface area contributed by atoms with Crippen molar-refractivity contribution >= 4 is 21.6 Å². The van der Waals surface area contributed by atoms with E-state index < -0.39 is 15.6 Å². The zero-order valence-electron chi connectivity index (χ0n) is 10.9. The van der Waals surface area contributed by atoms with Gasteiger partial charge in [-0.25, -0.2) is 8.42 Å². The lowest BCUT2D eigenvalue weighted by atomic mass is 9.97. The van der Waals surface area contributed by atoms with E-state index in [2.05, 4.69) is 4.98 Å². The van der Waals surface area contributed by atoms with Gasteiger partial charge in [-0.1, -0.05) is 18.5 Å². The Morgan fingerprint density at radius 2 is 2.05 bits per heavy atom. The monoisotopic (exact) mass is 304 g/mol. The SMILES string of the molecule is CC1CCC(C)N(S(=O)(=O)c2c[nH]c(=O)c(Cl)c2)C1. The molecule has 0 aliphatic carbocycles. The normalized spacial score (nSPS) is 25.4. The van der Waals surface area contributed by atoms with Gasteiger partial charge in [-0.05, 0) is 31.7 Å². The van der Waals surface area contributed by atoms with Crippen LogP contribution in [0, 0.1) is 5.92 Å². The Labute approximate surface area is 117 Å². The maximum Gasteiger partial charge on any atom is 0.266 e. The summed E-state index contributed by atoms with van der Waals surface area (Å²) in [6.07, 6.45) is 3.08. The van der Waals surface area contributed by atoms with E-state index in [0.717, 1.165) is 12.8 Å². The van der Waals surface area contributed by atoms with Gasteiger partial charge in [0.1, 0.15) is 5.02 Å². The molecule has 2 heterocycles. The van der Waals surface area contributed by atoms with Gasteiger partial charge in [0.15, 0.2) is 0 Å². The van der Waals surface area contributed by atoms with E-state index in [4.69, 9.17) is 11.6 Å². The molecule has 1 N–H and O–H groups in total. The van der Waals surface area contributed by atoms with E-state index in [1.165, 1.54) is 16.6 Å². The number of piperidine rings is 1. The van der Waals surface area contributed by atoms with Gasteiger partial charge in [0.2, 0.25) is 10.0 Å². The van der Waals surface area contributed by atoms with Gasteiger partial charge in [0, 0.05) is 18.8 Å². The highest BCUT2D eigenvalue weighted by Crippen LogP contribution is 2.27. The van der Waals surface area contributed by atoms with Crippen LogP contribution in [0.1, 0.15) is 26.7 Å². The largest absolute Gasteiger partial charge is 0.326 e. The summed E-state index contributed by atoms with van der Waals surface area (Å²) in [7, 11) is -3.60. The highest BCUT2D eigenvalue weighted by Gasteiger charge is 2.33. The first kappa shape index (κ1) is 14.6. The lowest BCUT2D eigenvalue weighted by Gasteiger charge is -2.35. The lowest BCUT2D eigenvalue weighted by Crippen LogP contribution is -2.44. The summed E-state index contributed by atoms with van der Waals surface area (Å²) >= 11 is 5.70. The topological polar surface area (TPSA) is 70.2 Å². The average Bonchev–Trinajstić information content (AvgIpc) is 2.35. The predicted octanol–water partition coefficient (Wildman–Crippen LogP) is 1.84. The van der Waals surface area contributed by atoms with Crippen LogP contribution in [-0.2, 0) is 10.0 Å². The van der Waals surface area contributed by atoms with Crippen LogP contribution in [0.5, 0.6) is 0 Å². The van der Waals surface area contributed by atoms with Crippen molar-refractivity contribution in [3.05, 3.63) is 27.6 Å². The van der Waals surface area contributed by atoms with Crippen molar-refractivity contribution in [1.29, 1.82) is 0 Å². The molecule has 0 radical (unpaired) electrons. The molecule has 19 heavy (non-hydrogen) atoms. The van der Waals surface area contributed by atoms with Crippen LogP contribution in [0.4, 0.5) is 0 Å². The number of hydrogen-bond donors (Lipinski definition) is 1. The number of nitrogens with zero attached hydrogens (tertiary/aromatic N) is 1. The summed E-state index contributed by atoms with van der Waals surface area (Å²) in [5.41, 5.74) is -0.485. The number of aromatic nitrogens is 1. The molecule has 1 aliphatic rings. The molecule has 2 unspecified atom stereocenters. The van der Waals surface area contributed by atoms with Gasteiger partial charge in [-0.15, -0.1) is 0 Å². The maximum atomic E-state index is 12.6. The van der Waals surface area contributed by atoms with Gasteiger partial charge in [0.05, 0.1) is 4.90 Å². The van der Waals surface area contributed by atoms with E-state index >= 15 is 0 Å². The van der Waals surface area contributed by atoms with Crippen molar-refractivity contribution in [2.24, 2.45) is 5.92 Å². The third-order valence-corrected chi connectivity index (χ3v) is 5.74. The van der Waals surface area contributed by atoms with Crippen molar-refractivity contribution in [3.63, 3.8) is 0 Å². The molecule has 1 saturated heterocycles. The van der Waals surface area contributed by atoms with Crippen LogP contribution in [0.15, 0.2) is 22.0 Å². The molecule has 2 rings (SSSR count). The lowest BCUT2D eigenvalue weighted by molar-refractivity contribution is 0.218. The predicted molar refractivity (Wildman–Crippen MR) is 73.8 cm³/mol. The van der Waals surface area contributed by atoms with E-state index in [0.29, 0.717) is 12.5 Å².